The molecule has 1 amide bonds. The zero-order valence-corrected chi connectivity index (χ0v) is 18.2. The number of aryl methyl sites for hydroxylation is 3. The molecule has 0 radical (unpaired) electrons. The Morgan fingerprint density at radius 2 is 1.62 bits per heavy atom. The van der Waals surface area contributed by atoms with Gasteiger partial charge < -0.3 is 9.73 Å². The van der Waals surface area contributed by atoms with E-state index in [1.807, 2.05) is 39.8 Å². The fourth-order valence-corrected chi connectivity index (χ4v) is 4.64. The smallest absolute Gasteiger partial charge is 0.291 e. The van der Waals surface area contributed by atoms with Gasteiger partial charge in [0, 0.05) is 16.6 Å². The number of carbonyl (C=O) groups is 1. The first kappa shape index (κ1) is 20.9. The van der Waals surface area contributed by atoms with E-state index in [0.29, 0.717) is 28.9 Å². The highest BCUT2D eigenvalue weighted by atomic mass is 32.2. The second-order valence-corrected chi connectivity index (χ2v) is 9.15. The van der Waals surface area contributed by atoms with Gasteiger partial charge >= 0.3 is 0 Å². The van der Waals surface area contributed by atoms with E-state index in [4.69, 9.17) is 4.42 Å². The summed E-state index contributed by atoms with van der Waals surface area (Å²) >= 11 is 0. The van der Waals surface area contributed by atoms with E-state index in [-0.39, 0.29) is 17.4 Å². The van der Waals surface area contributed by atoms with E-state index in [1.165, 1.54) is 0 Å². The lowest BCUT2D eigenvalue weighted by Crippen LogP contribution is -2.18. The third-order valence-electron chi connectivity index (χ3n) is 5.01. The summed E-state index contributed by atoms with van der Waals surface area (Å²) in [5.41, 5.74) is 5.14. The number of anilines is 2. The Kier molecular flexibility index (Phi) is 5.71. The number of benzene rings is 2. The maximum atomic E-state index is 12.9. The van der Waals surface area contributed by atoms with Crippen LogP contribution in [0.2, 0.25) is 0 Å². The number of furan rings is 1. The van der Waals surface area contributed by atoms with Gasteiger partial charge in [-0.05, 0) is 62.9 Å². The molecule has 0 aliphatic carbocycles. The minimum atomic E-state index is -3.42. The van der Waals surface area contributed by atoms with E-state index in [2.05, 4.69) is 10.0 Å². The molecule has 3 aromatic rings. The van der Waals surface area contributed by atoms with E-state index < -0.39 is 10.0 Å². The summed E-state index contributed by atoms with van der Waals surface area (Å²) in [7, 11) is -3.42. The van der Waals surface area contributed by atoms with Crippen molar-refractivity contribution in [3.8, 4) is 0 Å². The van der Waals surface area contributed by atoms with Gasteiger partial charge in [0.15, 0.2) is 5.76 Å². The molecule has 0 spiro atoms. The second-order valence-electron chi connectivity index (χ2n) is 7.31. The molecule has 6 nitrogen and oxygen atoms in total. The molecule has 1 heterocycles. The maximum Gasteiger partial charge on any atom is 0.291 e. The van der Waals surface area contributed by atoms with Crippen LogP contribution in [-0.2, 0) is 10.0 Å². The number of rotatable bonds is 6. The van der Waals surface area contributed by atoms with Gasteiger partial charge in [-0.15, -0.1) is 0 Å². The van der Waals surface area contributed by atoms with E-state index in [1.54, 1.807) is 25.1 Å². The van der Waals surface area contributed by atoms with Crippen molar-refractivity contribution in [2.75, 3.05) is 15.8 Å². The van der Waals surface area contributed by atoms with Gasteiger partial charge in [0.2, 0.25) is 10.0 Å². The fraction of sp³-hybridized carbons (Fsp3) is 0.318. The molecule has 0 bridgehead atoms. The summed E-state index contributed by atoms with van der Waals surface area (Å²) in [6.45, 7) is 9.38. The summed E-state index contributed by atoms with van der Waals surface area (Å²) in [4.78, 5) is 12.9. The van der Waals surface area contributed by atoms with E-state index in [9.17, 15) is 13.2 Å². The molecule has 0 aliphatic rings. The first-order chi connectivity index (χ1) is 13.6. The highest BCUT2D eigenvalue weighted by Crippen LogP contribution is 2.32. The number of fused-ring (bicyclic) bond motifs is 1. The first-order valence-corrected chi connectivity index (χ1v) is 11.2. The SMILES string of the molecule is CCCS(=O)(=O)Nc1cccc(NC(=O)c2oc3c(C)ccc(C)c3c2C)c1C. The predicted octanol–water partition coefficient (Wildman–Crippen LogP) is 5.07. The van der Waals surface area contributed by atoms with Crippen LogP contribution in [0, 0.1) is 27.7 Å². The average Bonchev–Trinajstić information content (AvgIpc) is 3.00. The summed E-state index contributed by atoms with van der Waals surface area (Å²) in [5.74, 6) is -0.0668. The van der Waals surface area contributed by atoms with Crippen molar-refractivity contribution < 1.29 is 17.6 Å². The van der Waals surface area contributed by atoms with Crippen molar-refractivity contribution in [3.05, 3.63) is 58.3 Å². The van der Waals surface area contributed by atoms with Crippen molar-refractivity contribution in [2.45, 2.75) is 41.0 Å². The molecule has 154 valence electrons. The highest BCUT2D eigenvalue weighted by Gasteiger charge is 2.21. The summed E-state index contributed by atoms with van der Waals surface area (Å²) in [6, 6.07) is 9.10. The van der Waals surface area contributed by atoms with Crippen molar-refractivity contribution in [1.82, 2.24) is 0 Å². The molecule has 2 aromatic carbocycles. The Morgan fingerprint density at radius 1 is 0.966 bits per heavy atom. The first-order valence-electron chi connectivity index (χ1n) is 9.55. The fourth-order valence-electron chi connectivity index (χ4n) is 3.44. The van der Waals surface area contributed by atoms with Crippen LogP contribution < -0.4 is 10.0 Å². The van der Waals surface area contributed by atoms with Crippen molar-refractivity contribution in [2.24, 2.45) is 0 Å². The lowest BCUT2D eigenvalue weighted by molar-refractivity contribution is 0.0998. The van der Waals surface area contributed by atoms with E-state index >= 15 is 0 Å². The molecule has 0 unspecified atom stereocenters. The van der Waals surface area contributed by atoms with Gasteiger partial charge in [0.1, 0.15) is 5.58 Å². The Bertz CT molecular complexity index is 1190. The zero-order chi connectivity index (χ0) is 21.3. The van der Waals surface area contributed by atoms with Gasteiger partial charge in [-0.1, -0.05) is 25.1 Å². The monoisotopic (exact) mass is 414 g/mol. The third-order valence-corrected chi connectivity index (χ3v) is 6.49. The van der Waals surface area contributed by atoms with Crippen LogP contribution in [0.5, 0.6) is 0 Å². The molecule has 0 saturated carbocycles. The van der Waals surface area contributed by atoms with Gasteiger partial charge in [-0.3, -0.25) is 9.52 Å². The number of hydrogen-bond donors (Lipinski definition) is 2. The van der Waals surface area contributed by atoms with Crippen LogP contribution in [-0.4, -0.2) is 20.1 Å². The van der Waals surface area contributed by atoms with E-state index in [0.717, 1.165) is 22.1 Å². The number of carbonyl (C=O) groups excluding carboxylic acids is 1. The maximum absolute atomic E-state index is 12.9. The third kappa shape index (κ3) is 4.15. The summed E-state index contributed by atoms with van der Waals surface area (Å²) in [6.07, 6.45) is 0.523. The van der Waals surface area contributed by atoms with Gasteiger partial charge in [0.25, 0.3) is 5.91 Å². The molecule has 0 saturated heterocycles. The molecule has 2 N–H and O–H groups in total. The number of amides is 1. The molecule has 0 atom stereocenters. The molecule has 7 heteroatoms. The minimum Gasteiger partial charge on any atom is -0.450 e. The van der Waals surface area contributed by atoms with Crippen LogP contribution in [0.1, 0.15) is 46.2 Å². The zero-order valence-electron chi connectivity index (χ0n) is 17.3. The Hall–Kier alpha value is -2.80. The number of nitrogens with one attached hydrogen (secondary N) is 2. The number of hydrogen-bond acceptors (Lipinski definition) is 4. The molecule has 1 aromatic heterocycles. The minimum absolute atomic E-state index is 0.0416. The number of sulfonamides is 1. The van der Waals surface area contributed by atoms with Crippen LogP contribution in [0.3, 0.4) is 0 Å². The largest absolute Gasteiger partial charge is 0.450 e. The van der Waals surface area contributed by atoms with Crippen LogP contribution in [0.25, 0.3) is 11.0 Å². The second kappa shape index (κ2) is 7.91. The highest BCUT2D eigenvalue weighted by molar-refractivity contribution is 7.92. The van der Waals surface area contributed by atoms with Crippen LogP contribution in [0.4, 0.5) is 11.4 Å². The topological polar surface area (TPSA) is 88.4 Å². The molecular formula is C22H26N2O4S. The van der Waals surface area contributed by atoms with Gasteiger partial charge in [-0.2, -0.15) is 0 Å². The summed E-state index contributed by atoms with van der Waals surface area (Å²) in [5, 5.41) is 3.81. The molecule has 29 heavy (non-hydrogen) atoms. The molecule has 3 rings (SSSR count). The standard InChI is InChI=1S/C22H26N2O4S/c1-6-12-29(26,27)24-18-9-7-8-17(15(18)4)23-22(25)21-16(5)19-13(2)10-11-14(3)20(19)28-21/h7-11,24H,6,12H2,1-5H3,(H,23,25). The summed E-state index contributed by atoms with van der Waals surface area (Å²) < 4.78 is 32.7. The Morgan fingerprint density at radius 3 is 2.28 bits per heavy atom. The normalized spacial score (nSPS) is 11.6. The predicted molar refractivity (Wildman–Crippen MR) is 117 cm³/mol. The van der Waals surface area contributed by atoms with Crippen molar-refractivity contribution in [1.29, 1.82) is 0 Å². The quantitative estimate of drug-likeness (QED) is 0.589. The Labute approximate surface area is 171 Å². The molecule has 0 fully saturated rings. The van der Waals surface area contributed by atoms with Crippen molar-refractivity contribution >= 4 is 38.3 Å². The van der Waals surface area contributed by atoms with Crippen LogP contribution >= 0.6 is 0 Å². The van der Waals surface area contributed by atoms with Crippen molar-refractivity contribution in [3.63, 3.8) is 0 Å². The van der Waals surface area contributed by atoms with Gasteiger partial charge in [-0.25, -0.2) is 8.42 Å². The molecular weight excluding hydrogens is 388 g/mol. The molecule has 0 aliphatic heterocycles. The lowest BCUT2D eigenvalue weighted by Gasteiger charge is -2.14. The Balaban J connectivity index is 1.93. The average molecular weight is 415 g/mol. The van der Waals surface area contributed by atoms with Crippen LogP contribution in [0.15, 0.2) is 34.7 Å². The van der Waals surface area contributed by atoms with Gasteiger partial charge in [0.05, 0.1) is 11.4 Å². The lowest BCUT2D eigenvalue weighted by atomic mass is 10.0.